The van der Waals surface area contributed by atoms with Crippen molar-refractivity contribution in [3.8, 4) is 11.8 Å². The van der Waals surface area contributed by atoms with Gasteiger partial charge >= 0.3 is 0 Å². The van der Waals surface area contributed by atoms with Gasteiger partial charge in [0.25, 0.3) is 5.91 Å². The Morgan fingerprint density at radius 3 is 2.74 bits per heavy atom. The van der Waals surface area contributed by atoms with E-state index in [1.54, 1.807) is 23.6 Å². The highest BCUT2D eigenvalue weighted by Crippen LogP contribution is 2.25. The van der Waals surface area contributed by atoms with Gasteiger partial charge in [0.1, 0.15) is 16.7 Å². The van der Waals surface area contributed by atoms with E-state index < -0.39 is 6.04 Å². The molecule has 5 heteroatoms. The third kappa shape index (κ3) is 2.92. The lowest BCUT2D eigenvalue weighted by molar-refractivity contribution is 0.0946. The number of hydrogen-bond acceptors (Lipinski definition) is 4. The first-order valence-corrected chi connectivity index (χ1v) is 6.51. The summed E-state index contributed by atoms with van der Waals surface area (Å²) in [5, 5.41) is 13.6. The summed E-state index contributed by atoms with van der Waals surface area (Å²) in [4.78, 5) is 12.6. The topological polar surface area (TPSA) is 62.1 Å². The quantitative estimate of drug-likeness (QED) is 0.930. The van der Waals surface area contributed by atoms with Crippen molar-refractivity contribution in [3.05, 3.63) is 52.2 Å². The van der Waals surface area contributed by atoms with Gasteiger partial charge in [0.15, 0.2) is 0 Å². The van der Waals surface area contributed by atoms with E-state index in [0.717, 1.165) is 5.56 Å². The lowest BCUT2D eigenvalue weighted by atomic mass is 10.1. The molecule has 0 aliphatic rings. The Morgan fingerprint density at radius 2 is 2.11 bits per heavy atom. The number of nitrogens with one attached hydrogen (secondary N) is 1. The first-order valence-electron chi connectivity index (χ1n) is 5.63. The fourth-order valence-electron chi connectivity index (χ4n) is 1.66. The normalized spacial score (nSPS) is 11.4. The molecule has 2 aromatic rings. The molecule has 0 saturated carbocycles. The molecule has 1 amide bonds. The van der Waals surface area contributed by atoms with E-state index in [-0.39, 0.29) is 5.91 Å². The Kier molecular flexibility index (Phi) is 4.16. The van der Waals surface area contributed by atoms with Gasteiger partial charge in [-0.05, 0) is 17.0 Å². The molecule has 4 nitrogen and oxygen atoms in total. The van der Waals surface area contributed by atoms with Crippen LogP contribution in [0.15, 0.2) is 41.8 Å². The van der Waals surface area contributed by atoms with E-state index >= 15 is 0 Å². The second-order valence-electron chi connectivity index (χ2n) is 3.76. The highest BCUT2D eigenvalue weighted by molar-refractivity contribution is 7.12. The molecule has 0 saturated heterocycles. The largest absolute Gasteiger partial charge is 0.495 e. The number of ether oxygens (including phenoxy) is 1. The summed E-state index contributed by atoms with van der Waals surface area (Å²) in [6.07, 6.45) is 0. The zero-order chi connectivity index (χ0) is 13.7. The molecule has 1 aromatic heterocycles. The zero-order valence-electron chi connectivity index (χ0n) is 10.3. The van der Waals surface area contributed by atoms with Gasteiger partial charge in [0.2, 0.25) is 0 Å². The van der Waals surface area contributed by atoms with Gasteiger partial charge in [-0.25, -0.2) is 0 Å². The molecular formula is C14H12N2O2S. The van der Waals surface area contributed by atoms with E-state index in [1.165, 1.54) is 18.4 Å². The van der Waals surface area contributed by atoms with Crippen LogP contribution in [0, 0.1) is 11.3 Å². The standard InChI is InChI=1S/C14H12N2O2S/c1-18-12-7-8-19-13(12)14(17)16-11(9-15)10-5-3-2-4-6-10/h2-8,11H,1H3,(H,16,17). The van der Waals surface area contributed by atoms with Crippen LogP contribution in [-0.2, 0) is 0 Å². The number of hydrogen-bond donors (Lipinski definition) is 1. The van der Waals surface area contributed by atoms with Crippen LogP contribution in [0.4, 0.5) is 0 Å². The van der Waals surface area contributed by atoms with Gasteiger partial charge in [-0.1, -0.05) is 30.3 Å². The number of methoxy groups -OCH3 is 1. The van der Waals surface area contributed by atoms with Gasteiger partial charge in [0.05, 0.1) is 13.2 Å². The highest BCUT2D eigenvalue weighted by atomic mass is 32.1. The van der Waals surface area contributed by atoms with Gasteiger partial charge in [-0.3, -0.25) is 4.79 Å². The minimum absolute atomic E-state index is 0.303. The summed E-state index contributed by atoms with van der Waals surface area (Å²) in [5.41, 5.74) is 0.758. The van der Waals surface area contributed by atoms with Crippen molar-refractivity contribution in [2.24, 2.45) is 0 Å². The van der Waals surface area contributed by atoms with Gasteiger partial charge < -0.3 is 10.1 Å². The molecule has 0 spiro atoms. The first kappa shape index (κ1) is 13.1. The van der Waals surface area contributed by atoms with Crippen LogP contribution >= 0.6 is 11.3 Å². The third-order valence-electron chi connectivity index (χ3n) is 2.59. The van der Waals surface area contributed by atoms with Crippen LogP contribution in [0.5, 0.6) is 5.75 Å². The molecule has 0 fully saturated rings. The van der Waals surface area contributed by atoms with Crippen LogP contribution in [0.1, 0.15) is 21.3 Å². The summed E-state index contributed by atoms with van der Waals surface area (Å²) in [6, 6.07) is 12.3. The predicted octanol–water partition coefficient (Wildman–Crippen LogP) is 2.75. The van der Waals surface area contributed by atoms with E-state index in [1.807, 2.05) is 18.2 Å². The molecule has 0 aliphatic heterocycles. The third-order valence-corrected chi connectivity index (χ3v) is 3.49. The molecule has 19 heavy (non-hydrogen) atoms. The molecule has 1 aromatic carbocycles. The monoisotopic (exact) mass is 272 g/mol. The molecule has 1 unspecified atom stereocenters. The van der Waals surface area contributed by atoms with Crippen LogP contribution in [-0.4, -0.2) is 13.0 Å². The van der Waals surface area contributed by atoms with Crippen molar-refractivity contribution in [1.82, 2.24) is 5.32 Å². The SMILES string of the molecule is COc1ccsc1C(=O)NC(C#N)c1ccccc1. The summed E-state index contributed by atoms with van der Waals surface area (Å²) < 4.78 is 5.09. The minimum atomic E-state index is -0.666. The highest BCUT2D eigenvalue weighted by Gasteiger charge is 2.18. The van der Waals surface area contributed by atoms with E-state index in [2.05, 4.69) is 11.4 Å². The molecule has 0 radical (unpaired) electrons. The molecular weight excluding hydrogens is 260 g/mol. The maximum atomic E-state index is 12.1. The average molecular weight is 272 g/mol. The van der Waals surface area contributed by atoms with E-state index in [0.29, 0.717) is 10.6 Å². The molecule has 2 rings (SSSR count). The molecule has 1 atom stereocenters. The smallest absolute Gasteiger partial charge is 0.266 e. The molecule has 0 aliphatic carbocycles. The first-order chi connectivity index (χ1) is 9.26. The molecule has 96 valence electrons. The van der Waals surface area contributed by atoms with Crippen molar-refractivity contribution in [2.75, 3.05) is 7.11 Å². The number of nitrogens with zero attached hydrogens (tertiary/aromatic N) is 1. The lowest BCUT2D eigenvalue weighted by Crippen LogP contribution is -2.27. The van der Waals surface area contributed by atoms with E-state index in [9.17, 15) is 4.79 Å². The van der Waals surface area contributed by atoms with Gasteiger partial charge in [-0.15, -0.1) is 11.3 Å². The number of carbonyl (C=O) groups is 1. The van der Waals surface area contributed by atoms with Gasteiger partial charge in [-0.2, -0.15) is 5.26 Å². The van der Waals surface area contributed by atoms with Crippen molar-refractivity contribution < 1.29 is 9.53 Å². The number of benzene rings is 1. The number of amides is 1. The summed E-state index contributed by atoms with van der Waals surface area (Å²) in [5.74, 6) is 0.217. The Bertz CT molecular complexity index is 601. The number of carbonyl (C=O) groups excluding carboxylic acids is 1. The molecule has 0 bridgehead atoms. The van der Waals surface area contributed by atoms with Crippen LogP contribution < -0.4 is 10.1 Å². The number of nitriles is 1. The second-order valence-corrected chi connectivity index (χ2v) is 4.68. The maximum absolute atomic E-state index is 12.1. The Hall–Kier alpha value is -2.32. The van der Waals surface area contributed by atoms with Crippen molar-refractivity contribution >= 4 is 17.2 Å². The van der Waals surface area contributed by atoms with E-state index in [4.69, 9.17) is 10.00 Å². The number of thiophene rings is 1. The lowest BCUT2D eigenvalue weighted by Gasteiger charge is -2.11. The van der Waals surface area contributed by atoms with Crippen LogP contribution in [0.3, 0.4) is 0 Å². The Balaban J connectivity index is 2.16. The number of rotatable bonds is 4. The van der Waals surface area contributed by atoms with Crippen molar-refractivity contribution in [2.45, 2.75) is 6.04 Å². The molecule has 1 N–H and O–H groups in total. The van der Waals surface area contributed by atoms with Crippen LogP contribution in [0.2, 0.25) is 0 Å². The molecule has 1 heterocycles. The van der Waals surface area contributed by atoms with Crippen molar-refractivity contribution in [1.29, 1.82) is 5.26 Å². The Morgan fingerprint density at radius 1 is 1.37 bits per heavy atom. The van der Waals surface area contributed by atoms with Gasteiger partial charge in [0, 0.05) is 0 Å². The fourth-order valence-corrected chi connectivity index (χ4v) is 2.42. The summed E-state index contributed by atoms with van der Waals surface area (Å²) in [6.45, 7) is 0. The summed E-state index contributed by atoms with van der Waals surface area (Å²) >= 11 is 1.28. The summed E-state index contributed by atoms with van der Waals surface area (Å²) in [7, 11) is 1.51. The predicted molar refractivity (Wildman–Crippen MR) is 73.1 cm³/mol. The minimum Gasteiger partial charge on any atom is -0.495 e. The fraction of sp³-hybridized carbons (Fsp3) is 0.143. The second kappa shape index (κ2) is 6.03. The average Bonchev–Trinajstić information content (AvgIpc) is 2.94. The van der Waals surface area contributed by atoms with Crippen LogP contribution in [0.25, 0.3) is 0 Å². The zero-order valence-corrected chi connectivity index (χ0v) is 11.1. The Labute approximate surface area is 115 Å². The maximum Gasteiger partial charge on any atom is 0.266 e. The van der Waals surface area contributed by atoms with Crippen molar-refractivity contribution in [3.63, 3.8) is 0 Å².